The quantitative estimate of drug-likeness (QED) is 0.630. The van der Waals surface area contributed by atoms with Crippen molar-refractivity contribution in [3.05, 3.63) is 20.2 Å². The van der Waals surface area contributed by atoms with E-state index in [-0.39, 0.29) is 0 Å². The molecule has 1 heterocycles. The molecule has 0 saturated heterocycles. The summed E-state index contributed by atoms with van der Waals surface area (Å²) >= 11 is 9.35. The molecule has 0 radical (unpaired) electrons. The fraction of sp³-hybridized carbons (Fsp3) is 0.286. The van der Waals surface area contributed by atoms with Gasteiger partial charge < -0.3 is 4.74 Å². The van der Waals surface area contributed by atoms with Crippen LogP contribution in [0.3, 0.4) is 0 Å². The van der Waals surface area contributed by atoms with Gasteiger partial charge in [-0.05, 0) is 41.0 Å². The number of nitrogens with zero attached hydrogens (tertiary/aromatic N) is 1. The molecule has 0 unspecified atom stereocenters. The van der Waals surface area contributed by atoms with Crippen LogP contribution in [-0.2, 0) is 4.74 Å². The first-order chi connectivity index (χ1) is 5.66. The Morgan fingerprint density at radius 2 is 2.50 bits per heavy atom. The van der Waals surface area contributed by atoms with Gasteiger partial charge in [-0.25, -0.2) is 0 Å². The van der Waals surface area contributed by atoms with Crippen LogP contribution >= 0.6 is 45.7 Å². The molecular weight excluding hydrogens is 309 g/mol. The second-order valence-corrected chi connectivity index (χ2v) is 4.92. The molecule has 5 heteroatoms. The Morgan fingerprint density at radius 1 is 1.83 bits per heavy atom. The minimum atomic E-state index is 0.475. The van der Waals surface area contributed by atoms with Crippen molar-refractivity contribution in [1.29, 1.82) is 0 Å². The highest BCUT2D eigenvalue weighted by atomic mass is 127. The van der Waals surface area contributed by atoms with E-state index >= 15 is 0 Å². The largest absolute Gasteiger partial charge is 0.494 e. The van der Waals surface area contributed by atoms with Crippen molar-refractivity contribution in [2.24, 2.45) is 0 Å². The third-order valence-corrected chi connectivity index (χ3v) is 3.35. The molecule has 0 atom stereocenters. The zero-order valence-electron chi connectivity index (χ0n) is 6.43. The zero-order valence-corrected chi connectivity index (χ0v) is 10.2. The first-order valence-electron chi connectivity index (χ1n) is 3.29. The van der Waals surface area contributed by atoms with E-state index in [9.17, 15) is 0 Å². The van der Waals surface area contributed by atoms with Crippen molar-refractivity contribution in [1.82, 2.24) is 4.37 Å². The van der Waals surface area contributed by atoms with Crippen LogP contribution in [0.1, 0.15) is 12.5 Å². The Morgan fingerprint density at radius 3 is 2.92 bits per heavy atom. The highest BCUT2D eigenvalue weighted by Gasteiger charge is 2.13. The lowest BCUT2D eigenvalue weighted by Crippen LogP contribution is -1.90. The molecule has 0 fully saturated rings. The first-order valence-corrected chi connectivity index (χ1v) is 5.52. The standard InChI is InChI=1S/C7H7ClINOS/c1-3-11-4(2)5-6(8)10-12-7(5)9/h2-3H2,1H3. The van der Waals surface area contributed by atoms with Gasteiger partial charge in [-0.3, -0.25) is 0 Å². The fourth-order valence-electron chi connectivity index (χ4n) is 0.724. The number of halogens is 2. The molecule has 0 aliphatic carbocycles. The average molecular weight is 316 g/mol. The van der Waals surface area contributed by atoms with Crippen molar-refractivity contribution in [3.8, 4) is 0 Å². The molecule has 0 N–H and O–H groups in total. The van der Waals surface area contributed by atoms with Crippen molar-refractivity contribution in [2.45, 2.75) is 6.92 Å². The first kappa shape index (κ1) is 10.3. The molecule has 0 bridgehead atoms. The van der Waals surface area contributed by atoms with Gasteiger partial charge >= 0.3 is 0 Å². The summed E-state index contributed by atoms with van der Waals surface area (Å²) in [5.74, 6) is 0.598. The van der Waals surface area contributed by atoms with Crippen LogP contribution in [0, 0.1) is 2.88 Å². The molecule has 1 rings (SSSR count). The van der Waals surface area contributed by atoms with E-state index in [1.165, 1.54) is 11.5 Å². The zero-order chi connectivity index (χ0) is 9.14. The maximum atomic E-state index is 5.83. The van der Waals surface area contributed by atoms with Crippen molar-refractivity contribution < 1.29 is 4.74 Å². The average Bonchev–Trinajstić information content (AvgIpc) is 2.32. The van der Waals surface area contributed by atoms with Crippen LogP contribution < -0.4 is 0 Å². The van der Waals surface area contributed by atoms with Crippen LogP contribution in [0.4, 0.5) is 0 Å². The van der Waals surface area contributed by atoms with Crippen LogP contribution in [0.5, 0.6) is 0 Å². The normalized spacial score (nSPS) is 9.92. The van der Waals surface area contributed by atoms with Crippen molar-refractivity contribution in [2.75, 3.05) is 6.61 Å². The van der Waals surface area contributed by atoms with Gasteiger partial charge in [-0.15, -0.1) is 0 Å². The summed E-state index contributed by atoms with van der Waals surface area (Å²) in [5.41, 5.74) is 0.823. The van der Waals surface area contributed by atoms with E-state index in [0.29, 0.717) is 17.5 Å². The van der Waals surface area contributed by atoms with Gasteiger partial charge in [-0.1, -0.05) is 18.2 Å². The fourth-order valence-corrected chi connectivity index (χ4v) is 2.65. The molecule has 12 heavy (non-hydrogen) atoms. The summed E-state index contributed by atoms with van der Waals surface area (Å²) in [6.45, 7) is 6.27. The third kappa shape index (κ3) is 2.11. The van der Waals surface area contributed by atoms with Gasteiger partial charge in [0.2, 0.25) is 0 Å². The van der Waals surface area contributed by atoms with Crippen molar-refractivity contribution >= 4 is 51.5 Å². The molecule has 0 saturated carbocycles. The Labute approximate surface area is 93.9 Å². The van der Waals surface area contributed by atoms with Gasteiger partial charge in [0.15, 0.2) is 5.15 Å². The molecule has 0 amide bonds. The summed E-state index contributed by atoms with van der Waals surface area (Å²) in [7, 11) is 0. The second kappa shape index (κ2) is 4.43. The third-order valence-electron chi connectivity index (χ3n) is 1.21. The van der Waals surface area contributed by atoms with Gasteiger partial charge in [0.05, 0.1) is 15.1 Å². The molecule has 1 aromatic rings. The van der Waals surface area contributed by atoms with E-state index in [0.717, 1.165) is 8.45 Å². The molecule has 0 spiro atoms. The van der Waals surface area contributed by atoms with Gasteiger partial charge in [0, 0.05) is 0 Å². The lowest BCUT2D eigenvalue weighted by Gasteiger charge is -2.04. The lowest BCUT2D eigenvalue weighted by atomic mass is 10.3. The summed E-state index contributed by atoms with van der Waals surface area (Å²) in [5, 5.41) is 0.475. The highest BCUT2D eigenvalue weighted by Crippen LogP contribution is 2.30. The molecular formula is C7H7ClINOS. The number of hydrogen-bond acceptors (Lipinski definition) is 3. The number of hydrogen-bond donors (Lipinski definition) is 0. The Hall–Kier alpha value is 0.190. The predicted octanol–water partition coefficient (Wildman–Crippen LogP) is 3.41. The van der Waals surface area contributed by atoms with E-state index in [1.807, 2.05) is 6.92 Å². The molecule has 2 nitrogen and oxygen atoms in total. The Kier molecular flexibility index (Phi) is 3.79. The Bertz CT molecular complexity index is 280. The van der Waals surface area contributed by atoms with Crippen LogP contribution in [0.25, 0.3) is 5.76 Å². The predicted molar refractivity (Wildman–Crippen MR) is 60.5 cm³/mol. The van der Waals surface area contributed by atoms with E-state index in [4.69, 9.17) is 16.3 Å². The molecule has 0 aliphatic heterocycles. The lowest BCUT2D eigenvalue weighted by molar-refractivity contribution is 0.299. The molecule has 1 aromatic heterocycles. The van der Waals surface area contributed by atoms with Gasteiger partial charge in [-0.2, -0.15) is 4.37 Å². The van der Waals surface area contributed by atoms with Crippen LogP contribution in [0.2, 0.25) is 5.15 Å². The highest BCUT2D eigenvalue weighted by molar-refractivity contribution is 14.1. The summed E-state index contributed by atoms with van der Waals surface area (Å²) in [6.07, 6.45) is 0. The van der Waals surface area contributed by atoms with E-state index in [2.05, 4.69) is 33.5 Å². The summed E-state index contributed by atoms with van der Waals surface area (Å²) in [4.78, 5) is 0. The number of aromatic nitrogens is 1. The molecule has 0 aromatic carbocycles. The molecule has 0 aliphatic rings. The number of ether oxygens (including phenoxy) is 1. The summed E-state index contributed by atoms with van der Waals surface area (Å²) < 4.78 is 10.2. The maximum Gasteiger partial charge on any atom is 0.154 e. The Balaban J connectivity index is 2.93. The minimum Gasteiger partial charge on any atom is -0.494 e. The van der Waals surface area contributed by atoms with E-state index in [1.54, 1.807) is 0 Å². The van der Waals surface area contributed by atoms with Gasteiger partial charge in [0.25, 0.3) is 0 Å². The van der Waals surface area contributed by atoms with Crippen LogP contribution in [0.15, 0.2) is 6.58 Å². The minimum absolute atomic E-state index is 0.475. The smallest absolute Gasteiger partial charge is 0.154 e. The monoisotopic (exact) mass is 315 g/mol. The summed E-state index contributed by atoms with van der Waals surface area (Å²) in [6, 6.07) is 0. The maximum absolute atomic E-state index is 5.83. The second-order valence-electron chi connectivity index (χ2n) is 1.98. The topological polar surface area (TPSA) is 22.1 Å². The van der Waals surface area contributed by atoms with Gasteiger partial charge in [0.1, 0.15) is 5.76 Å². The van der Waals surface area contributed by atoms with Crippen molar-refractivity contribution in [3.63, 3.8) is 0 Å². The SMILES string of the molecule is C=C(OCC)c1c(Cl)nsc1I. The number of rotatable bonds is 3. The van der Waals surface area contributed by atoms with E-state index < -0.39 is 0 Å². The van der Waals surface area contributed by atoms with Crippen LogP contribution in [-0.4, -0.2) is 11.0 Å². The molecule has 66 valence electrons.